The number of cyclic esters (lactones) is 1. The highest BCUT2D eigenvalue weighted by molar-refractivity contribution is 5.98. The molecule has 0 bridgehead atoms. The third kappa shape index (κ3) is 8.11. The van der Waals surface area contributed by atoms with Crippen LogP contribution in [0.3, 0.4) is 0 Å². The molecule has 0 spiro atoms. The van der Waals surface area contributed by atoms with Gasteiger partial charge in [-0.15, -0.1) is 0 Å². The maximum absolute atomic E-state index is 12.9. The summed E-state index contributed by atoms with van der Waals surface area (Å²) in [4.78, 5) is 29.6. The van der Waals surface area contributed by atoms with Crippen molar-refractivity contribution in [3.63, 3.8) is 0 Å². The molecule has 1 amide bonds. The van der Waals surface area contributed by atoms with Crippen molar-refractivity contribution in [3.05, 3.63) is 18.0 Å². The number of ether oxygens (including phenoxy) is 5. The minimum Gasteiger partial charge on any atom is -0.503 e. The lowest BCUT2D eigenvalue weighted by molar-refractivity contribution is -0.176. The van der Waals surface area contributed by atoms with Crippen molar-refractivity contribution in [2.45, 2.75) is 71.3 Å². The van der Waals surface area contributed by atoms with Crippen LogP contribution in [0.4, 0.5) is 0 Å². The van der Waals surface area contributed by atoms with Gasteiger partial charge in [-0.25, -0.2) is 9.78 Å². The normalized spacial score (nSPS) is 23.9. The van der Waals surface area contributed by atoms with Crippen LogP contribution in [-0.4, -0.2) is 79.9 Å². The molecular formula is C24H38N2O8. The van der Waals surface area contributed by atoms with Gasteiger partial charge in [0.1, 0.15) is 12.2 Å². The molecule has 1 aromatic heterocycles. The average molecular weight is 483 g/mol. The average Bonchev–Trinajstić information content (AvgIpc) is 2.79. The molecule has 10 nitrogen and oxygen atoms in total. The van der Waals surface area contributed by atoms with E-state index >= 15 is 0 Å². The van der Waals surface area contributed by atoms with Crippen LogP contribution in [0.25, 0.3) is 0 Å². The number of hydrogen-bond acceptors (Lipinski definition) is 9. The molecule has 4 atom stereocenters. The van der Waals surface area contributed by atoms with E-state index in [0.29, 0.717) is 32.2 Å². The molecule has 34 heavy (non-hydrogen) atoms. The smallest absolute Gasteiger partial charge is 0.331 e. The van der Waals surface area contributed by atoms with Gasteiger partial charge in [-0.1, -0.05) is 27.2 Å². The predicted octanol–water partition coefficient (Wildman–Crippen LogP) is 2.47. The van der Waals surface area contributed by atoms with Crippen molar-refractivity contribution in [1.29, 1.82) is 0 Å². The maximum Gasteiger partial charge on any atom is 0.331 e. The van der Waals surface area contributed by atoms with Gasteiger partial charge in [0.05, 0.1) is 19.8 Å². The van der Waals surface area contributed by atoms with E-state index in [-0.39, 0.29) is 24.2 Å². The lowest BCUT2D eigenvalue weighted by atomic mass is 10.0. The van der Waals surface area contributed by atoms with E-state index in [1.54, 1.807) is 6.92 Å². The van der Waals surface area contributed by atoms with E-state index in [9.17, 15) is 14.7 Å². The summed E-state index contributed by atoms with van der Waals surface area (Å²) in [5, 5.41) is 12.8. The Morgan fingerprint density at radius 3 is 2.79 bits per heavy atom. The van der Waals surface area contributed by atoms with Gasteiger partial charge < -0.3 is 34.1 Å². The molecule has 2 heterocycles. The molecule has 1 aromatic rings. The predicted molar refractivity (Wildman–Crippen MR) is 124 cm³/mol. The number of aromatic nitrogens is 1. The number of amides is 1. The second kappa shape index (κ2) is 14.1. The van der Waals surface area contributed by atoms with Crippen LogP contribution in [0.1, 0.15) is 57.4 Å². The summed E-state index contributed by atoms with van der Waals surface area (Å²) in [5.41, 5.74) is -0.264. The van der Waals surface area contributed by atoms with Crippen molar-refractivity contribution in [1.82, 2.24) is 10.3 Å². The summed E-state index contributed by atoms with van der Waals surface area (Å²) in [6.45, 7) is 9.22. The maximum atomic E-state index is 12.9. The van der Waals surface area contributed by atoms with E-state index in [2.05, 4.69) is 17.2 Å². The third-order valence-electron chi connectivity index (χ3n) is 5.33. The second-order valence-electron chi connectivity index (χ2n) is 8.70. The molecule has 0 aliphatic carbocycles. The Balaban J connectivity index is 2.15. The standard InChI is InChI=1S/C24H38N2O8/c1-6-7-11-32-19-9-12-31-14-17(24(29)34-16(4)22(19)33-13-15(2)3)26-23(28)20-21(27)18(30-5)8-10-25-20/h8,10,15-17,19,22,27H,6-7,9,11-14H2,1-5H3,(H,26,28)/t16-,17-,19-,22-/m0/s1. The first-order chi connectivity index (χ1) is 16.3. The monoisotopic (exact) mass is 482 g/mol. The van der Waals surface area contributed by atoms with Crippen molar-refractivity contribution < 1.29 is 38.4 Å². The lowest BCUT2D eigenvalue weighted by Crippen LogP contribution is -2.50. The molecule has 0 aromatic carbocycles. The molecule has 10 heteroatoms. The quantitative estimate of drug-likeness (QED) is 0.382. The summed E-state index contributed by atoms with van der Waals surface area (Å²) >= 11 is 0. The summed E-state index contributed by atoms with van der Waals surface area (Å²) in [6, 6.07) is 0.330. The van der Waals surface area contributed by atoms with Crippen LogP contribution < -0.4 is 10.1 Å². The van der Waals surface area contributed by atoms with Crippen LogP contribution in [0.15, 0.2) is 12.3 Å². The Hall–Kier alpha value is -2.43. The molecule has 1 saturated heterocycles. The van der Waals surface area contributed by atoms with Crippen LogP contribution in [0, 0.1) is 5.92 Å². The van der Waals surface area contributed by atoms with Crippen LogP contribution in [0.5, 0.6) is 11.5 Å². The zero-order valence-electron chi connectivity index (χ0n) is 20.7. The van der Waals surface area contributed by atoms with Crippen LogP contribution >= 0.6 is 0 Å². The van der Waals surface area contributed by atoms with E-state index in [1.807, 2.05) is 13.8 Å². The molecule has 0 saturated carbocycles. The van der Waals surface area contributed by atoms with Crippen molar-refractivity contribution >= 4 is 11.9 Å². The van der Waals surface area contributed by atoms with Crippen molar-refractivity contribution in [3.8, 4) is 11.5 Å². The Morgan fingerprint density at radius 1 is 1.35 bits per heavy atom. The Labute approximate surface area is 201 Å². The molecule has 1 fully saturated rings. The number of aromatic hydroxyl groups is 1. The number of carbonyl (C=O) groups excluding carboxylic acids is 2. The summed E-state index contributed by atoms with van der Waals surface area (Å²) < 4.78 is 28.6. The highest BCUT2D eigenvalue weighted by Gasteiger charge is 2.35. The molecule has 1 aliphatic heterocycles. The highest BCUT2D eigenvalue weighted by atomic mass is 16.6. The molecule has 0 unspecified atom stereocenters. The first-order valence-corrected chi connectivity index (χ1v) is 11.8. The van der Waals surface area contributed by atoms with Crippen molar-refractivity contribution in [2.75, 3.05) is 33.5 Å². The zero-order valence-corrected chi connectivity index (χ0v) is 20.7. The third-order valence-corrected chi connectivity index (χ3v) is 5.33. The van der Waals surface area contributed by atoms with Gasteiger partial charge in [0.15, 0.2) is 23.2 Å². The summed E-state index contributed by atoms with van der Waals surface area (Å²) in [6.07, 6.45) is 2.41. The molecule has 192 valence electrons. The van der Waals surface area contributed by atoms with E-state index in [0.717, 1.165) is 12.8 Å². The molecule has 1 aliphatic rings. The van der Waals surface area contributed by atoms with Gasteiger partial charge in [0.2, 0.25) is 0 Å². The van der Waals surface area contributed by atoms with E-state index < -0.39 is 35.9 Å². The SMILES string of the molecule is CCCCO[C@H]1CCOC[C@H](NC(=O)c2nccc(OC)c2O)C(=O)O[C@@H](C)[C@@H]1OCC(C)C. The number of pyridine rings is 1. The Kier molecular flexibility index (Phi) is 11.5. The molecule has 2 N–H and O–H groups in total. The number of hydrogen-bond donors (Lipinski definition) is 2. The molecular weight excluding hydrogens is 444 g/mol. The van der Waals surface area contributed by atoms with Gasteiger partial charge in [0.25, 0.3) is 5.91 Å². The Morgan fingerprint density at radius 2 is 2.12 bits per heavy atom. The van der Waals surface area contributed by atoms with E-state index in [1.165, 1.54) is 19.4 Å². The topological polar surface area (TPSA) is 125 Å². The second-order valence-corrected chi connectivity index (χ2v) is 8.70. The number of nitrogens with one attached hydrogen (secondary N) is 1. The minimum absolute atomic E-state index is 0.0952. The van der Waals surface area contributed by atoms with Gasteiger partial charge in [0, 0.05) is 32.1 Å². The fraction of sp³-hybridized carbons (Fsp3) is 0.708. The number of esters is 1. The summed E-state index contributed by atoms with van der Waals surface area (Å²) in [7, 11) is 1.36. The lowest BCUT2D eigenvalue weighted by Gasteiger charge is -2.34. The zero-order chi connectivity index (χ0) is 25.1. The highest BCUT2D eigenvalue weighted by Crippen LogP contribution is 2.27. The summed E-state index contributed by atoms with van der Waals surface area (Å²) in [5.74, 6) is -1.45. The van der Waals surface area contributed by atoms with E-state index in [4.69, 9.17) is 23.7 Å². The van der Waals surface area contributed by atoms with Gasteiger partial charge in [-0.2, -0.15) is 0 Å². The fourth-order valence-electron chi connectivity index (χ4n) is 3.47. The first-order valence-electron chi connectivity index (χ1n) is 11.8. The first kappa shape index (κ1) is 27.8. The fourth-order valence-corrected chi connectivity index (χ4v) is 3.47. The largest absolute Gasteiger partial charge is 0.503 e. The number of unbranched alkanes of at least 4 members (excludes halogenated alkanes) is 1. The van der Waals surface area contributed by atoms with Gasteiger partial charge in [-0.3, -0.25) is 4.79 Å². The van der Waals surface area contributed by atoms with Gasteiger partial charge in [-0.05, 0) is 25.7 Å². The number of carbonyl (C=O) groups is 2. The molecule has 2 rings (SSSR count). The number of nitrogens with zero attached hydrogens (tertiary/aromatic N) is 1. The molecule has 0 radical (unpaired) electrons. The number of methoxy groups -OCH3 is 1. The van der Waals surface area contributed by atoms with Crippen LogP contribution in [-0.2, 0) is 23.7 Å². The minimum atomic E-state index is -1.09. The number of rotatable bonds is 10. The van der Waals surface area contributed by atoms with Gasteiger partial charge >= 0.3 is 5.97 Å². The van der Waals surface area contributed by atoms with Crippen molar-refractivity contribution in [2.24, 2.45) is 5.92 Å². The Bertz CT molecular complexity index is 788. The van der Waals surface area contributed by atoms with Crippen LogP contribution in [0.2, 0.25) is 0 Å².